The maximum atomic E-state index is 5.95. The fraction of sp³-hybridized carbons (Fsp3) is 0.222. The van der Waals surface area contributed by atoms with E-state index in [0.717, 1.165) is 34.5 Å². The molecule has 1 aromatic heterocycles. The molecule has 0 saturated heterocycles. The quantitative estimate of drug-likeness (QED) is 0.511. The molecular weight excluding hydrogens is 286 g/mol. The number of nitrogens with two attached hydrogens (primary N) is 1. The Bertz CT molecular complexity index is 830. The molecule has 0 saturated carbocycles. The number of nitrogens with zero attached hydrogens (tertiary/aromatic N) is 2. The number of aryl methyl sites for hydroxylation is 2. The van der Waals surface area contributed by atoms with Crippen LogP contribution in [0.5, 0.6) is 0 Å². The number of fused-ring (bicyclic) bond motifs is 1. The van der Waals surface area contributed by atoms with Crippen molar-refractivity contribution in [3.63, 3.8) is 0 Å². The summed E-state index contributed by atoms with van der Waals surface area (Å²) in [5, 5.41) is 3.09. The van der Waals surface area contributed by atoms with Gasteiger partial charge in [0, 0.05) is 5.69 Å². The van der Waals surface area contributed by atoms with Crippen LogP contribution >= 0.6 is 0 Å². The van der Waals surface area contributed by atoms with Crippen molar-refractivity contribution < 1.29 is 0 Å². The summed E-state index contributed by atoms with van der Waals surface area (Å²) in [6.07, 6.45) is 1.02. The van der Waals surface area contributed by atoms with Crippen LogP contribution in [0.25, 0.3) is 11.0 Å². The number of guanidine groups is 1. The van der Waals surface area contributed by atoms with Crippen LogP contribution in [0.3, 0.4) is 0 Å². The van der Waals surface area contributed by atoms with E-state index in [4.69, 9.17) is 5.73 Å². The van der Waals surface area contributed by atoms with E-state index in [0.29, 0.717) is 12.5 Å². The number of aliphatic imine (C=N–C) groups is 1. The Kier molecular flexibility index (Phi) is 4.28. The van der Waals surface area contributed by atoms with Gasteiger partial charge in [-0.1, -0.05) is 31.2 Å². The van der Waals surface area contributed by atoms with Crippen molar-refractivity contribution in [3.05, 3.63) is 59.4 Å². The van der Waals surface area contributed by atoms with E-state index in [1.54, 1.807) is 0 Å². The molecule has 0 unspecified atom stereocenters. The maximum absolute atomic E-state index is 5.95. The zero-order valence-corrected chi connectivity index (χ0v) is 13.4. The highest BCUT2D eigenvalue weighted by molar-refractivity contribution is 5.92. The Morgan fingerprint density at radius 2 is 2.00 bits per heavy atom. The number of nitrogens with one attached hydrogen (secondary N) is 2. The Morgan fingerprint density at radius 1 is 1.22 bits per heavy atom. The smallest absolute Gasteiger partial charge is 0.193 e. The highest BCUT2D eigenvalue weighted by Gasteiger charge is 2.04. The van der Waals surface area contributed by atoms with Gasteiger partial charge in [-0.25, -0.2) is 9.98 Å². The van der Waals surface area contributed by atoms with E-state index < -0.39 is 0 Å². The lowest BCUT2D eigenvalue weighted by molar-refractivity contribution is 0.954. The summed E-state index contributed by atoms with van der Waals surface area (Å²) in [5.74, 6) is 1.19. The van der Waals surface area contributed by atoms with E-state index in [2.05, 4.69) is 39.3 Å². The molecule has 4 N–H and O–H groups in total. The molecule has 0 spiro atoms. The molecule has 0 fully saturated rings. The van der Waals surface area contributed by atoms with Crippen molar-refractivity contribution in [1.82, 2.24) is 9.97 Å². The van der Waals surface area contributed by atoms with Gasteiger partial charge in [0.1, 0.15) is 12.4 Å². The molecule has 0 atom stereocenters. The minimum absolute atomic E-state index is 0.381. The van der Waals surface area contributed by atoms with Gasteiger partial charge in [0.15, 0.2) is 5.96 Å². The second-order valence-corrected chi connectivity index (χ2v) is 5.53. The molecule has 3 aromatic rings. The van der Waals surface area contributed by atoms with E-state index in [9.17, 15) is 0 Å². The van der Waals surface area contributed by atoms with Gasteiger partial charge in [-0.2, -0.15) is 0 Å². The molecule has 3 rings (SSSR count). The second-order valence-electron chi connectivity index (χ2n) is 5.53. The van der Waals surface area contributed by atoms with Crippen LogP contribution in [0.15, 0.2) is 47.5 Å². The molecule has 0 aliphatic carbocycles. The monoisotopic (exact) mass is 307 g/mol. The molecule has 0 amide bonds. The van der Waals surface area contributed by atoms with Crippen LogP contribution in [0.4, 0.5) is 5.69 Å². The molecular formula is C18H21N5. The van der Waals surface area contributed by atoms with Crippen molar-refractivity contribution in [1.29, 1.82) is 0 Å². The first-order chi connectivity index (χ1) is 11.2. The molecule has 0 aliphatic rings. The number of hydrogen-bond donors (Lipinski definition) is 3. The second kappa shape index (κ2) is 6.52. The minimum atomic E-state index is 0.381. The van der Waals surface area contributed by atoms with E-state index in [1.807, 2.05) is 37.3 Å². The number of H-pyrrole nitrogens is 1. The van der Waals surface area contributed by atoms with Gasteiger partial charge >= 0.3 is 0 Å². The van der Waals surface area contributed by atoms with Crippen LogP contribution in [0, 0.1) is 6.92 Å². The molecule has 1 heterocycles. The summed E-state index contributed by atoms with van der Waals surface area (Å²) in [5.41, 5.74) is 11.3. The highest BCUT2D eigenvalue weighted by Crippen LogP contribution is 2.16. The summed E-state index contributed by atoms with van der Waals surface area (Å²) in [6, 6.07) is 14.2. The summed E-state index contributed by atoms with van der Waals surface area (Å²) in [4.78, 5) is 12.2. The minimum Gasteiger partial charge on any atom is -0.370 e. The van der Waals surface area contributed by atoms with E-state index >= 15 is 0 Å². The van der Waals surface area contributed by atoms with Gasteiger partial charge in [0.25, 0.3) is 0 Å². The first-order valence-corrected chi connectivity index (χ1v) is 7.76. The van der Waals surface area contributed by atoms with Crippen LogP contribution in [0.2, 0.25) is 0 Å². The van der Waals surface area contributed by atoms with Crippen LogP contribution < -0.4 is 11.1 Å². The molecule has 0 aliphatic heterocycles. The number of para-hydroxylation sites is 1. The third-order valence-corrected chi connectivity index (χ3v) is 3.80. The van der Waals surface area contributed by atoms with Crippen molar-refractivity contribution in [2.45, 2.75) is 26.8 Å². The summed E-state index contributed by atoms with van der Waals surface area (Å²) in [6.45, 7) is 4.60. The van der Waals surface area contributed by atoms with Crippen LogP contribution in [0.1, 0.15) is 23.9 Å². The average molecular weight is 307 g/mol. The zero-order chi connectivity index (χ0) is 16.2. The third-order valence-electron chi connectivity index (χ3n) is 3.80. The topological polar surface area (TPSA) is 79.1 Å². The standard InChI is InChI=1S/C18H21N5/c1-3-13-7-9-14(10-8-13)21-18(19)20-11-16-22-15-6-4-5-12(2)17(15)23-16/h4-10H,3,11H2,1-2H3,(H,22,23)(H3,19,20,21). The Morgan fingerprint density at radius 3 is 2.70 bits per heavy atom. The van der Waals surface area contributed by atoms with Gasteiger partial charge in [0.05, 0.1) is 11.0 Å². The number of aromatic nitrogens is 2. The summed E-state index contributed by atoms with van der Waals surface area (Å²) >= 11 is 0. The highest BCUT2D eigenvalue weighted by atomic mass is 15.1. The number of hydrogen-bond acceptors (Lipinski definition) is 2. The van der Waals surface area contributed by atoms with E-state index in [-0.39, 0.29) is 0 Å². The molecule has 118 valence electrons. The molecule has 0 bridgehead atoms. The van der Waals surface area contributed by atoms with Crippen molar-refractivity contribution in [3.8, 4) is 0 Å². The molecule has 2 aromatic carbocycles. The van der Waals surface area contributed by atoms with Gasteiger partial charge in [0.2, 0.25) is 0 Å². The Hall–Kier alpha value is -2.82. The number of rotatable bonds is 4. The first-order valence-electron chi connectivity index (χ1n) is 7.76. The van der Waals surface area contributed by atoms with Gasteiger partial charge in [-0.3, -0.25) is 0 Å². The van der Waals surface area contributed by atoms with E-state index in [1.165, 1.54) is 5.56 Å². The third kappa shape index (κ3) is 3.51. The number of imidazole rings is 1. The average Bonchev–Trinajstić information content (AvgIpc) is 2.98. The molecule has 23 heavy (non-hydrogen) atoms. The number of anilines is 1. The lowest BCUT2D eigenvalue weighted by Crippen LogP contribution is -2.22. The SMILES string of the molecule is CCc1ccc(NC(N)=NCc2nc3c(C)cccc3[nH]2)cc1. The van der Waals surface area contributed by atoms with Gasteiger partial charge in [-0.15, -0.1) is 0 Å². The van der Waals surface area contributed by atoms with Crippen molar-refractivity contribution in [2.24, 2.45) is 10.7 Å². The first kappa shape index (κ1) is 15.1. The fourth-order valence-electron chi connectivity index (χ4n) is 2.47. The zero-order valence-electron chi connectivity index (χ0n) is 13.4. The molecule has 5 heteroatoms. The molecule has 0 radical (unpaired) electrons. The molecule has 5 nitrogen and oxygen atoms in total. The normalized spacial score (nSPS) is 11.8. The Balaban J connectivity index is 1.68. The summed E-state index contributed by atoms with van der Waals surface area (Å²) in [7, 11) is 0. The van der Waals surface area contributed by atoms with Crippen molar-refractivity contribution >= 4 is 22.7 Å². The number of benzene rings is 2. The fourth-order valence-corrected chi connectivity index (χ4v) is 2.47. The van der Waals surface area contributed by atoms with Gasteiger partial charge in [-0.05, 0) is 42.7 Å². The lowest BCUT2D eigenvalue weighted by Gasteiger charge is -2.06. The van der Waals surface area contributed by atoms with Crippen LogP contribution in [-0.2, 0) is 13.0 Å². The lowest BCUT2D eigenvalue weighted by atomic mass is 10.1. The van der Waals surface area contributed by atoms with Gasteiger partial charge < -0.3 is 16.0 Å². The Labute approximate surface area is 135 Å². The number of aromatic amines is 1. The largest absolute Gasteiger partial charge is 0.370 e. The summed E-state index contributed by atoms with van der Waals surface area (Å²) < 4.78 is 0. The van der Waals surface area contributed by atoms with Crippen LogP contribution in [-0.4, -0.2) is 15.9 Å². The maximum Gasteiger partial charge on any atom is 0.193 e. The van der Waals surface area contributed by atoms with Crippen molar-refractivity contribution in [2.75, 3.05) is 5.32 Å². The predicted octanol–water partition coefficient (Wildman–Crippen LogP) is 3.36. The predicted molar refractivity (Wildman–Crippen MR) is 95.6 cm³/mol.